The van der Waals surface area contributed by atoms with Crippen LogP contribution in [0.1, 0.15) is 43.3 Å². The average Bonchev–Trinajstić information content (AvgIpc) is 3.15. The molecule has 34 heavy (non-hydrogen) atoms. The number of aryl methyl sites for hydroxylation is 3. The Hall–Kier alpha value is -2.94. The van der Waals surface area contributed by atoms with Crippen molar-refractivity contribution in [3.8, 4) is 0 Å². The van der Waals surface area contributed by atoms with Crippen molar-refractivity contribution < 1.29 is 9.53 Å². The third-order valence-corrected chi connectivity index (χ3v) is 7.87. The molecule has 0 aliphatic carbocycles. The molecular weight excluding hydrogens is 466 g/mol. The number of hydrogen-bond donors (Lipinski definition) is 2. The van der Waals surface area contributed by atoms with Crippen molar-refractivity contribution in [2.75, 3.05) is 7.11 Å². The number of carbonyl (C=O) groups is 1. The number of methoxy groups -OCH3 is 1. The van der Waals surface area contributed by atoms with E-state index < -0.39 is 0 Å². The van der Waals surface area contributed by atoms with E-state index in [1.165, 1.54) is 27.4 Å². The third kappa shape index (κ3) is 5.41. The van der Waals surface area contributed by atoms with Gasteiger partial charge in [-0.05, 0) is 49.1 Å². The van der Waals surface area contributed by atoms with Crippen LogP contribution in [-0.4, -0.2) is 23.0 Å². The molecule has 0 saturated heterocycles. The second kappa shape index (κ2) is 10.5. The van der Waals surface area contributed by atoms with E-state index in [2.05, 4.69) is 47.3 Å². The minimum Gasteiger partial charge on any atom is -0.380 e. The molecule has 2 heterocycles. The van der Waals surface area contributed by atoms with Crippen LogP contribution in [0.25, 0.3) is 10.2 Å². The van der Waals surface area contributed by atoms with E-state index in [-0.39, 0.29) is 11.5 Å². The summed E-state index contributed by atoms with van der Waals surface area (Å²) in [5, 5.41) is 3.45. The molecule has 2 N–H and O–H groups in total. The summed E-state index contributed by atoms with van der Waals surface area (Å²) in [6.07, 6.45) is 0. The molecule has 4 aromatic rings. The molecule has 2 aromatic heterocycles. The molecule has 1 amide bonds. The summed E-state index contributed by atoms with van der Waals surface area (Å²) in [7, 11) is 1.65. The standard InChI is InChI=1S/C26H27N3O3S2/c1-15-8-9-16(2)20(10-15)33-14-21-28-24(30)22-17(3)23(34-26(22)29-21)25(31)27-12-18-6-5-7-19(11-18)13-32-4/h5-11H,12-14H2,1-4H3,(H,27,31)(H,28,29,30). The number of nitrogens with zero attached hydrogens (tertiary/aromatic N) is 1. The topological polar surface area (TPSA) is 84.1 Å². The van der Waals surface area contributed by atoms with E-state index in [1.807, 2.05) is 24.3 Å². The van der Waals surface area contributed by atoms with Gasteiger partial charge in [-0.25, -0.2) is 4.98 Å². The zero-order valence-electron chi connectivity index (χ0n) is 19.7. The number of carbonyl (C=O) groups excluding carboxylic acids is 1. The second-order valence-corrected chi connectivity index (χ2v) is 10.3. The first kappa shape index (κ1) is 24.2. The van der Waals surface area contributed by atoms with Gasteiger partial charge >= 0.3 is 0 Å². The first-order valence-corrected chi connectivity index (χ1v) is 12.7. The predicted octanol–water partition coefficient (Wildman–Crippen LogP) is 5.28. The van der Waals surface area contributed by atoms with Crippen molar-refractivity contribution >= 4 is 39.2 Å². The van der Waals surface area contributed by atoms with Gasteiger partial charge in [0.25, 0.3) is 11.5 Å². The lowest BCUT2D eigenvalue weighted by Crippen LogP contribution is -2.22. The number of fused-ring (bicyclic) bond motifs is 1. The molecule has 0 atom stereocenters. The highest BCUT2D eigenvalue weighted by atomic mass is 32.2. The summed E-state index contributed by atoms with van der Waals surface area (Å²) in [4.78, 5) is 35.6. The van der Waals surface area contributed by atoms with Crippen LogP contribution in [-0.2, 0) is 23.6 Å². The zero-order valence-corrected chi connectivity index (χ0v) is 21.3. The van der Waals surface area contributed by atoms with E-state index in [4.69, 9.17) is 4.74 Å². The van der Waals surface area contributed by atoms with Crippen molar-refractivity contribution in [1.29, 1.82) is 0 Å². The van der Waals surface area contributed by atoms with E-state index >= 15 is 0 Å². The predicted molar refractivity (Wildman–Crippen MR) is 139 cm³/mol. The van der Waals surface area contributed by atoms with Crippen LogP contribution >= 0.6 is 23.1 Å². The summed E-state index contributed by atoms with van der Waals surface area (Å²) in [6.45, 7) is 6.85. The van der Waals surface area contributed by atoms with Gasteiger partial charge in [0.05, 0.1) is 22.6 Å². The van der Waals surface area contributed by atoms with Gasteiger partial charge in [0.1, 0.15) is 10.7 Å². The Morgan fingerprint density at radius 3 is 2.74 bits per heavy atom. The average molecular weight is 494 g/mol. The highest BCUT2D eigenvalue weighted by Gasteiger charge is 2.19. The fraction of sp³-hybridized carbons (Fsp3) is 0.269. The number of H-pyrrole nitrogens is 1. The Morgan fingerprint density at radius 1 is 1.15 bits per heavy atom. The maximum absolute atomic E-state index is 12.9. The minimum atomic E-state index is -0.207. The normalized spacial score (nSPS) is 11.2. The number of benzene rings is 2. The van der Waals surface area contributed by atoms with Crippen molar-refractivity contribution in [2.24, 2.45) is 0 Å². The Labute approximate surface area is 206 Å². The molecule has 0 radical (unpaired) electrons. The Balaban J connectivity index is 1.51. The number of ether oxygens (including phenoxy) is 1. The minimum absolute atomic E-state index is 0.205. The molecule has 4 rings (SSSR count). The number of hydrogen-bond acceptors (Lipinski definition) is 6. The lowest BCUT2D eigenvalue weighted by Gasteiger charge is -2.07. The van der Waals surface area contributed by atoms with Gasteiger partial charge in [-0.1, -0.05) is 42.0 Å². The molecule has 2 aromatic carbocycles. The number of nitrogens with one attached hydrogen (secondary N) is 2. The van der Waals surface area contributed by atoms with Crippen LogP contribution in [0.3, 0.4) is 0 Å². The molecule has 176 valence electrons. The summed E-state index contributed by atoms with van der Waals surface area (Å²) in [5.74, 6) is 0.945. The van der Waals surface area contributed by atoms with Crippen LogP contribution in [0.15, 0.2) is 52.2 Å². The molecule has 0 aliphatic rings. The molecule has 0 fully saturated rings. The van der Waals surface area contributed by atoms with Gasteiger partial charge in [-0.15, -0.1) is 23.1 Å². The molecule has 0 bridgehead atoms. The first-order chi connectivity index (χ1) is 16.4. The monoisotopic (exact) mass is 493 g/mol. The Kier molecular flexibility index (Phi) is 7.50. The Morgan fingerprint density at radius 2 is 1.94 bits per heavy atom. The number of thiophene rings is 1. The third-order valence-electron chi connectivity index (χ3n) is 5.52. The number of thioether (sulfide) groups is 1. The zero-order chi connectivity index (χ0) is 24.2. The highest BCUT2D eigenvalue weighted by molar-refractivity contribution is 7.98. The molecule has 6 nitrogen and oxygen atoms in total. The summed E-state index contributed by atoms with van der Waals surface area (Å²) < 4.78 is 5.17. The summed E-state index contributed by atoms with van der Waals surface area (Å²) >= 11 is 2.90. The highest BCUT2D eigenvalue weighted by Crippen LogP contribution is 2.29. The quantitative estimate of drug-likeness (QED) is 0.326. The van der Waals surface area contributed by atoms with Crippen LogP contribution in [0.5, 0.6) is 0 Å². The van der Waals surface area contributed by atoms with Crippen molar-refractivity contribution in [3.63, 3.8) is 0 Å². The van der Waals surface area contributed by atoms with Crippen molar-refractivity contribution in [2.45, 2.75) is 44.6 Å². The SMILES string of the molecule is COCc1cccc(CNC(=O)c2sc3nc(CSc4cc(C)ccc4C)[nH]c(=O)c3c2C)c1. The van der Waals surface area contributed by atoms with Crippen molar-refractivity contribution in [3.05, 3.63) is 91.3 Å². The van der Waals surface area contributed by atoms with Gasteiger partial charge in [0.2, 0.25) is 0 Å². The molecule has 0 aliphatic heterocycles. The smallest absolute Gasteiger partial charge is 0.261 e. The second-order valence-electron chi connectivity index (χ2n) is 8.24. The van der Waals surface area contributed by atoms with E-state index in [0.29, 0.717) is 45.4 Å². The van der Waals surface area contributed by atoms with Gasteiger partial charge < -0.3 is 15.0 Å². The van der Waals surface area contributed by atoms with Gasteiger partial charge in [0, 0.05) is 18.6 Å². The van der Waals surface area contributed by atoms with Crippen LogP contribution in [0.4, 0.5) is 0 Å². The summed E-state index contributed by atoms with van der Waals surface area (Å²) in [6, 6.07) is 14.2. The fourth-order valence-electron chi connectivity index (χ4n) is 3.74. The van der Waals surface area contributed by atoms with Gasteiger partial charge in [0.15, 0.2) is 0 Å². The van der Waals surface area contributed by atoms with Gasteiger partial charge in [-0.2, -0.15) is 0 Å². The van der Waals surface area contributed by atoms with E-state index in [1.54, 1.807) is 25.8 Å². The van der Waals surface area contributed by atoms with Crippen LogP contribution in [0, 0.1) is 20.8 Å². The largest absolute Gasteiger partial charge is 0.380 e. The number of rotatable bonds is 8. The van der Waals surface area contributed by atoms with Crippen LogP contribution < -0.4 is 10.9 Å². The molecule has 0 spiro atoms. The molecule has 0 unspecified atom stereocenters. The maximum atomic E-state index is 12.9. The van der Waals surface area contributed by atoms with Crippen LogP contribution in [0.2, 0.25) is 0 Å². The van der Waals surface area contributed by atoms with E-state index in [0.717, 1.165) is 11.1 Å². The summed E-state index contributed by atoms with van der Waals surface area (Å²) in [5.41, 5.74) is 4.88. The Bertz CT molecular complexity index is 1410. The maximum Gasteiger partial charge on any atom is 0.261 e. The molecular formula is C26H27N3O3S2. The lowest BCUT2D eigenvalue weighted by molar-refractivity contribution is 0.0954. The molecule has 8 heteroatoms. The molecule has 0 saturated carbocycles. The number of aromatic nitrogens is 2. The lowest BCUT2D eigenvalue weighted by atomic mass is 10.1. The fourth-order valence-corrected chi connectivity index (χ4v) is 5.85. The number of amides is 1. The first-order valence-electron chi connectivity index (χ1n) is 10.9. The van der Waals surface area contributed by atoms with Crippen molar-refractivity contribution in [1.82, 2.24) is 15.3 Å². The number of aromatic amines is 1. The van der Waals surface area contributed by atoms with E-state index in [9.17, 15) is 9.59 Å². The van der Waals surface area contributed by atoms with Gasteiger partial charge in [-0.3, -0.25) is 9.59 Å².